The first kappa shape index (κ1) is 15.4. The molecule has 0 heterocycles. The molecule has 2 saturated carbocycles. The summed E-state index contributed by atoms with van der Waals surface area (Å²) in [5, 5.41) is 3.21. The van der Waals surface area contributed by atoms with Gasteiger partial charge in [0.25, 0.3) is 5.91 Å². The first-order chi connectivity index (χ1) is 10.7. The van der Waals surface area contributed by atoms with Crippen LogP contribution >= 0.6 is 0 Å². The summed E-state index contributed by atoms with van der Waals surface area (Å²) >= 11 is 0. The fourth-order valence-electron chi connectivity index (χ4n) is 4.32. The smallest absolute Gasteiger partial charge is 0.261 e. The molecule has 0 radical (unpaired) electrons. The minimum Gasteiger partial charge on any atom is -0.481 e. The van der Waals surface area contributed by atoms with Gasteiger partial charge in [0.15, 0.2) is 6.10 Å². The second-order valence-electron chi connectivity index (χ2n) is 6.96. The van der Waals surface area contributed by atoms with Gasteiger partial charge in [-0.05, 0) is 62.5 Å². The maximum absolute atomic E-state index is 12.5. The Kier molecular flexibility index (Phi) is 4.70. The van der Waals surface area contributed by atoms with Crippen molar-refractivity contribution < 1.29 is 9.53 Å². The summed E-state index contributed by atoms with van der Waals surface area (Å²) < 4.78 is 5.84. The van der Waals surface area contributed by atoms with Crippen LogP contribution in [0.15, 0.2) is 30.3 Å². The van der Waals surface area contributed by atoms with Gasteiger partial charge in [-0.1, -0.05) is 31.5 Å². The number of ether oxygens (including phenoxy) is 1. The largest absolute Gasteiger partial charge is 0.481 e. The highest BCUT2D eigenvalue weighted by Gasteiger charge is 2.42. The average molecular weight is 301 g/mol. The summed E-state index contributed by atoms with van der Waals surface area (Å²) in [6.07, 6.45) is 5.71. The molecule has 1 amide bonds. The Labute approximate surface area is 133 Å². The molecule has 0 unspecified atom stereocenters. The molecule has 0 aromatic heterocycles. The summed E-state index contributed by atoms with van der Waals surface area (Å²) in [4.78, 5) is 12.5. The van der Waals surface area contributed by atoms with E-state index in [4.69, 9.17) is 4.74 Å². The van der Waals surface area contributed by atoms with E-state index in [1.54, 1.807) is 0 Å². The molecule has 1 aromatic carbocycles. The lowest BCUT2D eigenvalue weighted by molar-refractivity contribution is -0.129. The van der Waals surface area contributed by atoms with Crippen LogP contribution in [-0.2, 0) is 4.79 Å². The zero-order valence-corrected chi connectivity index (χ0v) is 13.6. The van der Waals surface area contributed by atoms with Crippen LogP contribution < -0.4 is 10.1 Å². The fraction of sp³-hybridized carbons (Fsp3) is 0.632. The van der Waals surface area contributed by atoms with E-state index in [0.29, 0.717) is 12.3 Å². The van der Waals surface area contributed by atoms with Crippen LogP contribution in [0.3, 0.4) is 0 Å². The highest BCUT2D eigenvalue weighted by atomic mass is 16.5. The number of carbonyl (C=O) groups excluding carboxylic acids is 1. The van der Waals surface area contributed by atoms with Crippen molar-refractivity contribution >= 4 is 5.91 Å². The second kappa shape index (κ2) is 6.72. The van der Waals surface area contributed by atoms with Gasteiger partial charge in [0.05, 0.1) is 0 Å². The Bertz CT molecular complexity index is 501. The third kappa shape index (κ3) is 3.29. The molecule has 2 aliphatic rings. The number of benzene rings is 1. The van der Waals surface area contributed by atoms with Gasteiger partial charge in [0, 0.05) is 6.04 Å². The topological polar surface area (TPSA) is 38.3 Å². The predicted octanol–water partition coefficient (Wildman–Crippen LogP) is 3.78. The van der Waals surface area contributed by atoms with Crippen LogP contribution in [0.2, 0.25) is 0 Å². The maximum atomic E-state index is 12.5. The van der Waals surface area contributed by atoms with Crippen molar-refractivity contribution in [2.75, 3.05) is 0 Å². The molecule has 1 N–H and O–H groups in total. The van der Waals surface area contributed by atoms with Crippen LogP contribution in [-0.4, -0.2) is 18.1 Å². The van der Waals surface area contributed by atoms with Crippen molar-refractivity contribution in [1.29, 1.82) is 0 Å². The predicted molar refractivity (Wildman–Crippen MR) is 87.7 cm³/mol. The average Bonchev–Trinajstić information content (AvgIpc) is 3.16. The number of amides is 1. The first-order valence-electron chi connectivity index (χ1n) is 8.69. The molecular weight excluding hydrogens is 274 g/mol. The standard InChI is InChI=1S/C19H27NO2/c1-3-18(22-16-7-5-4-6-8-16)19(21)20-13(2)17-12-14-9-10-15(17)11-14/h4-8,13-15,17-18H,3,9-12H2,1-2H3,(H,20,21)/t13-,14-,15-,17+,18+/m1/s1. The van der Waals surface area contributed by atoms with Crippen molar-refractivity contribution in [3.63, 3.8) is 0 Å². The Balaban J connectivity index is 1.55. The van der Waals surface area contributed by atoms with E-state index in [1.165, 1.54) is 25.7 Å². The molecule has 120 valence electrons. The molecule has 5 atom stereocenters. The molecule has 3 heteroatoms. The first-order valence-corrected chi connectivity index (χ1v) is 8.69. The van der Waals surface area contributed by atoms with Gasteiger partial charge >= 0.3 is 0 Å². The zero-order valence-electron chi connectivity index (χ0n) is 13.6. The van der Waals surface area contributed by atoms with Crippen molar-refractivity contribution in [2.24, 2.45) is 17.8 Å². The normalized spacial score (nSPS) is 29.1. The number of nitrogens with one attached hydrogen (secondary N) is 1. The van der Waals surface area contributed by atoms with Gasteiger partial charge in [-0.15, -0.1) is 0 Å². The van der Waals surface area contributed by atoms with Crippen molar-refractivity contribution in [3.05, 3.63) is 30.3 Å². The lowest BCUT2D eigenvalue weighted by Crippen LogP contribution is -2.46. The number of para-hydroxylation sites is 1. The third-order valence-corrected chi connectivity index (χ3v) is 5.49. The highest BCUT2D eigenvalue weighted by molar-refractivity contribution is 5.81. The summed E-state index contributed by atoms with van der Waals surface area (Å²) in [5.74, 6) is 3.20. The van der Waals surface area contributed by atoms with Gasteiger partial charge in [-0.2, -0.15) is 0 Å². The minimum absolute atomic E-state index is 0.0293. The molecule has 0 saturated heterocycles. The number of hydrogen-bond donors (Lipinski definition) is 1. The Morgan fingerprint density at radius 1 is 1.27 bits per heavy atom. The highest BCUT2D eigenvalue weighted by Crippen LogP contribution is 2.49. The molecule has 1 aromatic rings. The van der Waals surface area contributed by atoms with E-state index < -0.39 is 6.10 Å². The van der Waals surface area contributed by atoms with Crippen molar-refractivity contribution in [1.82, 2.24) is 5.32 Å². The molecule has 3 nitrogen and oxygen atoms in total. The summed E-state index contributed by atoms with van der Waals surface area (Å²) in [7, 11) is 0. The van der Waals surface area contributed by atoms with E-state index in [9.17, 15) is 4.79 Å². The van der Waals surface area contributed by atoms with E-state index in [-0.39, 0.29) is 11.9 Å². The van der Waals surface area contributed by atoms with Gasteiger partial charge < -0.3 is 10.1 Å². The van der Waals surface area contributed by atoms with Crippen LogP contribution in [0.25, 0.3) is 0 Å². The molecule has 0 aliphatic heterocycles. The molecule has 2 aliphatic carbocycles. The third-order valence-electron chi connectivity index (χ3n) is 5.49. The van der Waals surface area contributed by atoms with E-state index >= 15 is 0 Å². The molecule has 22 heavy (non-hydrogen) atoms. The second-order valence-corrected chi connectivity index (χ2v) is 6.96. The van der Waals surface area contributed by atoms with E-state index in [1.807, 2.05) is 37.3 Å². The Morgan fingerprint density at radius 3 is 2.64 bits per heavy atom. The number of rotatable bonds is 6. The fourth-order valence-corrected chi connectivity index (χ4v) is 4.32. The van der Waals surface area contributed by atoms with Gasteiger partial charge in [0.1, 0.15) is 5.75 Å². The lowest BCUT2D eigenvalue weighted by atomic mass is 9.84. The zero-order chi connectivity index (χ0) is 15.5. The van der Waals surface area contributed by atoms with Crippen LogP contribution in [0.1, 0.15) is 46.0 Å². The van der Waals surface area contributed by atoms with Gasteiger partial charge in [-0.25, -0.2) is 0 Å². The minimum atomic E-state index is -0.400. The van der Waals surface area contributed by atoms with E-state index in [0.717, 1.165) is 17.6 Å². The quantitative estimate of drug-likeness (QED) is 0.868. The summed E-state index contributed by atoms with van der Waals surface area (Å²) in [6.45, 7) is 4.16. The number of carbonyl (C=O) groups is 1. The van der Waals surface area contributed by atoms with Gasteiger partial charge in [-0.3, -0.25) is 4.79 Å². The monoisotopic (exact) mass is 301 g/mol. The SMILES string of the molecule is CC[C@H](Oc1ccccc1)C(=O)N[C@H](C)[C@@H]1C[C@@H]2CC[C@@H]1C2. The Hall–Kier alpha value is -1.51. The molecule has 2 fully saturated rings. The van der Waals surface area contributed by atoms with E-state index in [2.05, 4.69) is 12.2 Å². The number of hydrogen-bond acceptors (Lipinski definition) is 2. The molecular formula is C19H27NO2. The van der Waals surface area contributed by atoms with Crippen molar-refractivity contribution in [3.8, 4) is 5.75 Å². The Morgan fingerprint density at radius 2 is 2.05 bits per heavy atom. The van der Waals surface area contributed by atoms with Gasteiger partial charge in [0.2, 0.25) is 0 Å². The number of fused-ring (bicyclic) bond motifs is 2. The lowest BCUT2D eigenvalue weighted by Gasteiger charge is -2.29. The summed E-state index contributed by atoms with van der Waals surface area (Å²) in [5.41, 5.74) is 0. The van der Waals surface area contributed by atoms with Crippen LogP contribution in [0.5, 0.6) is 5.75 Å². The molecule has 2 bridgehead atoms. The van der Waals surface area contributed by atoms with Crippen LogP contribution in [0.4, 0.5) is 0 Å². The summed E-state index contributed by atoms with van der Waals surface area (Å²) in [6, 6.07) is 9.86. The molecule has 0 spiro atoms. The van der Waals surface area contributed by atoms with Crippen LogP contribution in [0, 0.1) is 17.8 Å². The van der Waals surface area contributed by atoms with Crippen molar-refractivity contribution in [2.45, 2.75) is 58.1 Å². The molecule has 3 rings (SSSR count). The maximum Gasteiger partial charge on any atom is 0.261 e.